The van der Waals surface area contributed by atoms with Gasteiger partial charge in [-0.25, -0.2) is 12.8 Å². The van der Waals surface area contributed by atoms with Crippen LogP contribution in [0.5, 0.6) is 0 Å². The highest BCUT2D eigenvalue weighted by Gasteiger charge is 2.32. The van der Waals surface area contributed by atoms with E-state index >= 15 is 0 Å². The first-order valence-electron chi connectivity index (χ1n) is 8.66. The van der Waals surface area contributed by atoms with Gasteiger partial charge in [-0.3, -0.25) is 4.79 Å². The zero-order chi connectivity index (χ0) is 19.4. The fourth-order valence-corrected chi connectivity index (χ4v) is 4.58. The average molecular weight is 392 g/mol. The van der Waals surface area contributed by atoms with Crippen LogP contribution >= 0.6 is 0 Å². The minimum atomic E-state index is -3.69. The van der Waals surface area contributed by atoms with Gasteiger partial charge in [0.25, 0.3) is 0 Å². The number of rotatable bonds is 5. The van der Waals surface area contributed by atoms with E-state index in [1.165, 1.54) is 16.4 Å². The van der Waals surface area contributed by atoms with Crippen molar-refractivity contribution in [3.63, 3.8) is 0 Å². The summed E-state index contributed by atoms with van der Waals surface area (Å²) >= 11 is 0. The molecule has 27 heavy (non-hydrogen) atoms. The lowest BCUT2D eigenvalue weighted by atomic mass is 9.97. The quantitative estimate of drug-likeness (QED) is 0.818. The number of sulfonamides is 1. The summed E-state index contributed by atoms with van der Waals surface area (Å²) in [5, 5.41) is 12.0. The Kier molecular flexibility index (Phi) is 5.88. The SMILES string of the molecule is O=C(Nc1cccc(CO)c1)C1CCN(S(=O)(=O)c2ccc(F)cc2)CC1. The lowest BCUT2D eigenvalue weighted by molar-refractivity contribution is -0.120. The van der Waals surface area contributed by atoms with Gasteiger partial charge in [-0.1, -0.05) is 12.1 Å². The number of nitrogens with one attached hydrogen (secondary N) is 1. The van der Waals surface area contributed by atoms with Crippen molar-refractivity contribution >= 4 is 21.6 Å². The van der Waals surface area contributed by atoms with E-state index in [2.05, 4.69) is 5.32 Å². The van der Waals surface area contributed by atoms with Gasteiger partial charge < -0.3 is 10.4 Å². The molecule has 2 aromatic carbocycles. The highest BCUT2D eigenvalue weighted by molar-refractivity contribution is 7.89. The van der Waals surface area contributed by atoms with Crippen LogP contribution in [0.4, 0.5) is 10.1 Å². The van der Waals surface area contributed by atoms with Crippen molar-refractivity contribution in [1.29, 1.82) is 0 Å². The number of anilines is 1. The van der Waals surface area contributed by atoms with Gasteiger partial charge in [0.15, 0.2) is 0 Å². The Balaban J connectivity index is 1.61. The van der Waals surface area contributed by atoms with E-state index in [-0.39, 0.29) is 36.4 Å². The molecule has 1 aliphatic rings. The summed E-state index contributed by atoms with van der Waals surface area (Å²) in [6, 6.07) is 11.7. The van der Waals surface area contributed by atoms with E-state index < -0.39 is 15.8 Å². The first-order valence-corrected chi connectivity index (χ1v) is 10.1. The molecule has 3 rings (SSSR count). The number of piperidine rings is 1. The zero-order valence-electron chi connectivity index (χ0n) is 14.6. The molecule has 0 radical (unpaired) electrons. The van der Waals surface area contributed by atoms with Gasteiger partial charge in [-0.05, 0) is 54.8 Å². The van der Waals surface area contributed by atoms with Crippen LogP contribution in [-0.2, 0) is 21.4 Å². The molecule has 0 saturated carbocycles. The molecule has 1 heterocycles. The Bertz CT molecular complexity index is 908. The van der Waals surface area contributed by atoms with E-state index in [1.54, 1.807) is 24.3 Å². The molecule has 2 N–H and O–H groups in total. The summed E-state index contributed by atoms with van der Waals surface area (Å²) in [5.41, 5.74) is 1.31. The summed E-state index contributed by atoms with van der Waals surface area (Å²) in [4.78, 5) is 12.5. The van der Waals surface area contributed by atoms with Crippen molar-refractivity contribution in [3.8, 4) is 0 Å². The number of carbonyl (C=O) groups excluding carboxylic acids is 1. The molecule has 1 saturated heterocycles. The summed E-state index contributed by atoms with van der Waals surface area (Å²) in [5.74, 6) is -0.944. The monoisotopic (exact) mass is 392 g/mol. The molecule has 0 aliphatic carbocycles. The van der Waals surface area contributed by atoms with Gasteiger partial charge in [0.2, 0.25) is 15.9 Å². The lowest BCUT2D eigenvalue weighted by Gasteiger charge is -2.30. The number of hydrogen-bond acceptors (Lipinski definition) is 4. The molecular formula is C19H21FN2O4S. The predicted molar refractivity (Wildman–Crippen MR) is 98.9 cm³/mol. The number of halogens is 1. The molecule has 8 heteroatoms. The van der Waals surface area contributed by atoms with Gasteiger partial charge in [0.1, 0.15) is 5.82 Å². The second kappa shape index (κ2) is 8.16. The molecule has 1 aliphatic heterocycles. The number of aliphatic hydroxyl groups excluding tert-OH is 1. The second-order valence-corrected chi connectivity index (χ2v) is 8.42. The van der Waals surface area contributed by atoms with Crippen LogP contribution in [0.1, 0.15) is 18.4 Å². The number of nitrogens with zero attached hydrogens (tertiary/aromatic N) is 1. The molecule has 1 fully saturated rings. The first-order chi connectivity index (χ1) is 12.9. The Morgan fingerprint density at radius 3 is 2.44 bits per heavy atom. The Hall–Kier alpha value is -2.29. The molecular weight excluding hydrogens is 371 g/mol. The summed E-state index contributed by atoms with van der Waals surface area (Å²) in [6.07, 6.45) is 0.817. The van der Waals surface area contributed by atoms with E-state index in [0.29, 0.717) is 24.1 Å². The maximum absolute atomic E-state index is 13.0. The fraction of sp³-hybridized carbons (Fsp3) is 0.316. The minimum absolute atomic E-state index is 0.0487. The lowest BCUT2D eigenvalue weighted by Crippen LogP contribution is -2.41. The number of carbonyl (C=O) groups is 1. The highest BCUT2D eigenvalue weighted by atomic mass is 32.2. The molecule has 6 nitrogen and oxygen atoms in total. The minimum Gasteiger partial charge on any atom is -0.392 e. The van der Waals surface area contributed by atoms with Gasteiger partial charge in [0, 0.05) is 24.7 Å². The van der Waals surface area contributed by atoms with E-state index in [9.17, 15) is 17.6 Å². The van der Waals surface area contributed by atoms with Crippen LogP contribution < -0.4 is 5.32 Å². The van der Waals surface area contributed by atoms with E-state index in [1.807, 2.05) is 0 Å². The number of benzene rings is 2. The maximum Gasteiger partial charge on any atom is 0.243 e. The normalized spacial score (nSPS) is 16.2. The fourth-order valence-electron chi connectivity index (χ4n) is 3.11. The van der Waals surface area contributed by atoms with Gasteiger partial charge in [-0.2, -0.15) is 4.31 Å². The molecule has 0 spiro atoms. The zero-order valence-corrected chi connectivity index (χ0v) is 15.5. The third-order valence-corrected chi connectivity index (χ3v) is 6.57. The highest BCUT2D eigenvalue weighted by Crippen LogP contribution is 2.25. The Morgan fingerprint density at radius 1 is 1.15 bits per heavy atom. The second-order valence-electron chi connectivity index (χ2n) is 6.48. The van der Waals surface area contributed by atoms with Crippen molar-refractivity contribution in [2.24, 2.45) is 5.92 Å². The standard InChI is InChI=1S/C19H21FN2O4S/c20-16-4-6-18(7-5-16)27(25,26)22-10-8-15(9-11-22)19(24)21-17-3-1-2-14(12-17)13-23/h1-7,12,15,23H,8-11,13H2,(H,21,24). The van der Waals surface area contributed by atoms with Gasteiger partial charge >= 0.3 is 0 Å². The van der Waals surface area contributed by atoms with E-state index in [0.717, 1.165) is 12.1 Å². The molecule has 144 valence electrons. The van der Waals surface area contributed by atoms with Crippen molar-refractivity contribution < 1.29 is 22.7 Å². The molecule has 2 aromatic rings. The van der Waals surface area contributed by atoms with Crippen LogP contribution in [-0.4, -0.2) is 36.8 Å². The molecule has 0 aromatic heterocycles. The molecule has 0 atom stereocenters. The number of aliphatic hydroxyl groups is 1. The first kappa shape index (κ1) is 19.5. The maximum atomic E-state index is 13.0. The summed E-state index contributed by atoms with van der Waals surface area (Å²) in [7, 11) is -3.69. The van der Waals surface area contributed by atoms with Crippen LogP contribution in [0.25, 0.3) is 0 Å². The molecule has 1 amide bonds. The smallest absolute Gasteiger partial charge is 0.243 e. The van der Waals surface area contributed by atoms with E-state index in [4.69, 9.17) is 5.11 Å². The summed E-state index contributed by atoms with van der Waals surface area (Å²) < 4.78 is 39.6. The Morgan fingerprint density at radius 2 is 1.81 bits per heavy atom. The van der Waals surface area contributed by atoms with Crippen molar-refractivity contribution in [2.45, 2.75) is 24.3 Å². The molecule has 0 unspecified atom stereocenters. The van der Waals surface area contributed by atoms with Crippen LogP contribution in [0, 0.1) is 11.7 Å². The number of amides is 1. The van der Waals surface area contributed by atoms with Gasteiger partial charge in [0.05, 0.1) is 11.5 Å². The topological polar surface area (TPSA) is 86.7 Å². The third-order valence-electron chi connectivity index (χ3n) is 4.65. The Labute approximate surface area is 157 Å². The van der Waals surface area contributed by atoms with Crippen molar-refractivity contribution in [3.05, 3.63) is 59.9 Å². The van der Waals surface area contributed by atoms with Crippen LogP contribution in [0.3, 0.4) is 0 Å². The summed E-state index contributed by atoms with van der Waals surface area (Å²) in [6.45, 7) is 0.353. The molecule has 0 bridgehead atoms. The van der Waals surface area contributed by atoms with Crippen molar-refractivity contribution in [2.75, 3.05) is 18.4 Å². The van der Waals surface area contributed by atoms with Crippen LogP contribution in [0.2, 0.25) is 0 Å². The average Bonchev–Trinajstić information content (AvgIpc) is 2.68. The predicted octanol–water partition coefficient (Wildman–Crippen LogP) is 2.36. The third kappa shape index (κ3) is 4.52. The van der Waals surface area contributed by atoms with Gasteiger partial charge in [-0.15, -0.1) is 0 Å². The van der Waals surface area contributed by atoms with Crippen LogP contribution in [0.15, 0.2) is 53.4 Å². The van der Waals surface area contributed by atoms with Crippen molar-refractivity contribution in [1.82, 2.24) is 4.31 Å². The largest absolute Gasteiger partial charge is 0.392 e. The number of hydrogen-bond donors (Lipinski definition) is 2.